The molecule has 1 aliphatic heterocycles. The maximum atomic E-state index is 13.2. The van der Waals surface area contributed by atoms with Crippen molar-refractivity contribution in [2.75, 3.05) is 25.0 Å². The zero-order valence-electron chi connectivity index (χ0n) is 18.2. The number of amides is 2. The maximum absolute atomic E-state index is 13.2. The number of nitrogens with one attached hydrogen (secondary N) is 2. The number of likely N-dealkylation sites (tertiary alicyclic amines) is 1. The first-order valence-corrected chi connectivity index (χ1v) is 12.4. The van der Waals surface area contributed by atoms with Crippen molar-refractivity contribution < 1.29 is 9.59 Å². The highest BCUT2D eigenvalue weighted by atomic mass is 32.1. The Balaban J connectivity index is 1.26. The first-order chi connectivity index (χ1) is 15.7. The third-order valence-corrected chi connectivity index (χ3v) is 7.31. The van der Waals surface area contributed by atoms with E-state index in [0.29, 0.717) is 23.7 Å². The highest BCUT2D eigenvalue weighted by molar-refractivity contribution is 7.09. The highest BCUT2D eigenvalue weighted by Crippen LogP contribution is 2.32. The molecule has 6 heteroatoms. The number of fused-ring (bicyclic) bond motifs is 1. The lowest BCUT2D eigenvalue weighted by molar-refractivity contribution is -0.117. The predicted molar refractivity (Wildman–Crippen MR) is 130 cm³/mol. The van der Waals surface area contributed by atoms with Gasteiger partial charge in [-0.15, -0.1) is 11.3 Å². The topological polar surface area (TPSA) is 61.4 Å². The molecule has 2 fully saturated rings. The number of hydrogen-bond acceptors (Lipinski definition) is 4. The zero-order chi connectivity index (χ0) is 21.9. The van der Waals surface area contributed by atoms with Crippen molar-refractivity contribution in [2.24, 2.45) is 11.8 Å². The van der Waals surface area contributed by atoms with Crippen molar-refractivity contribution in [2.45, 2.75) is 32.2 Å². The monoisotopic (exact) mass is 447 g/mol. The van der Waals surface area contributed by atoms with Gasteiger partial charge >= 0.3 is 0 Å². The predicted octanol–water partition coefficient (Wildman–Crippen LogP) is 4.89. The summed E-state index contributed by atoms with van der Waals surface area (Å²) in [6, 6.07) is 16.1. The van der Waals surface area contributed by atoms with E-state index >= 15 is 0 Å². The Morgan fingerprint density at radius 2 is 1.84 bits per heavy atom. The number of nitrogens with zero attached hydrogens (tertiary/aromatic N) is 1. The number of thiophene rings is 1. The summed E-state index contributed by atoms with van der Waals surface area (Å²) in [5.74, 6) is 0.439. The summed E-state index contributed by atoms with van der Waals surface area (Å²) < 4.78 is 0. The van der Waals surface area contributed by atoms with Crippen LogP contribution < -0.4 is 10.6 Å². The zero-order valence-corrected chi connectivity index (χ0v) is 19.0. The van der Waals surface area contributed by atoms with E-state index in [1.807, 2.05) is 36.4 Å². The molecular formula is C26H29N3O2S. The van der Waals surface area contributed by atoms with Crippen LogP contribution in [0.15, 0.2) is 53.9 Å². The fourth-order valence-corrected chi connectivity index (χ4v) is 5.27. The fourth-order valence-electron chi connectivity index (χ4n) is 4.53. The number of anilines is 1. The summed E-state index contributed by atoms with van der Waals surface area (Å²) in [6.07, 6.45) is 4.16. The Morgan fingerprint density at radius 1 is 1.03 bits per heavy atom. The third-order valence-electron chi connectivity index (χ3n) is 6.45. The summed E-state index contributed by atoms with van der Waals surface area (Å²) in [4.78, 5) is 29.5. The second-order valence-electron chi connectivity index (χ2n) is 9.04. The minimum atomic E-state index is -0.114. The van der Waals surface area contributed by atoms with Crippen molar-refractivity contribution in [1.82, 2.24) is 10.2 Å². The normalized spacial score (nSPS) is 19.1. The van der Waals surface area contributed by atoms with E-state index in [2.05, 4.69) is 33.0 Å². The van der Waals surface area contributed by atoms with Crippen molar-refractivity contribution in [3.05, 3.63) is 64.4 Å². The van der Waals surface area contributed by atoms with Crippen LogP contribution in [0.25, 0.3) is 10.8 Å². The van der Waals surface area contributed by atoms with Gasteiger partial charge in [0.1, 0.15) is 0 Å². The van der Waals surface area contributed by atoms with Crippen LogP contribution in [0.1, 0.15) is 40.9 Å². The summed E-state index contributed by atoms with van der Waals surface area (Å²) >= 11 is 1.80. The molecule has 1 atom stereocenters. The molecule has 0 bridgehead atoms. The molecule has 32 heavy (non-hydrogen) atoms. The average molecular weight is 448 g/mol. The van der Waals surface area contributed by atoms with Crippen LogP contribution >= 0.6 is 11.3 Å². The Bertz CT molecular complexity index is 1110. The van der Waals surface area contributed by atoms with Crippen molar-refractivity contribution >= 4 is 39.6 Å². The number of carbonyl (C=O) groups excluding carboxylic acids is 2. The van der Waals surface area contributed by atoms with Crippen LogP contribution in [0, 0.1) is 11.8 Å². The van der Waals surface area contributed by atoms with Gasteiger partial charge in [-0.2, -0.15) is 0 Å². The van der Waals surface area contributed by atoms with Gasteiger partial charge in [-0.3, -0.25) is 14.5 Å². The van der Waals surface area contributed by atoms with Gasteiger partial charge in [0.25, 0.3) is 5.91 Å². The fraction of sp³-hybridized carbons (Fsp3) is 0.385. The van der Waals surface area contributed by atoms with Gasteiger partial charge in [0.05, 0.1) is 11.3 Å². The molecule has 1 saturated heterocycles. The van der Waals surface area contributed by atoms with Gasteiger partial charge in [-0.05, 0) is 72.5 Å². The molecule has 0 unspecified atom stereocenters. The smallest absolute Gasteiger partial charge is 0.253 e. The number of benzene rings is 2. The molecule has 166 valence electrons. The van der Waals surface area contributed by atoms with Crippen LogP contribution in [0.5, 0.6) is 0 Å². The van der Waals surface area contributed by atoms with Crippen molar-refractivity contribution in [1.29, 1.82) is 0 Å². The summed E-state index contributed by atoms with van der Waals surface area (Å²) in [7, 11) is 0. The van der Waals surface area contributed by atoms with Gasteiger partial charge in [0, 0.05) is 30.4 Å². The van der Waals surface area contributed by atoms with Crippen LogP contribution in [0.3, 0.4) is 0 Å². The first-order valence-electron chi connectivity index (χ1n) is 11.5. The molecule has 1 aromatic heterocycles. The molecule has 3 aromatic rings. The molecule has 2 aromatic carbocycles. The van der Waals surface area contributed by atoms with Crippen LogP contribution in [-0.4, -0.2) is 36.3 Å². The van der Waals surface area contributed by atoms with E-state index in [1.54, 1.807) is 11.3 Å². The largest absolute Gasteiger partial charge is 0.352 e. The average Bonchev–Trinajstić information content (AvgIpc) is 3.55. The molecule has 2 heterocycles. The molecule has 2 aliphatic rings. The standard InChI is InChI=1S/C26H29N3O2S/c30-25(19-9-10-19)28-24-14-21-7-2-1-6-20(21)13-23(24)26(31)27-15-18-5-3-11-29(16-18)17-22-8-4-12-32-22/h1-2,4,6-8,12-14,18-19H,3,5,9-11,15-17H2,(H,27,31)(H,28,30)/t18-/m1/s1. The molecule has 5 rings (SSSR count). The lowest BCUT2D eigenvalue weighted by atomic mass is 9.97. The summed E-state index contributed by atoms with van der Waals surface area (Å²) in [5.41, 5.74) is 1.16. The van der Waals surface area contributed by atoms with Crippen LogP contribution in [0.4, 0.5) is 5.69 Å². The van der Waals surface area contributed by atoms with Crippen molar-refractivity contribution in [3.63, 3.8) is 0 Å². The first kappa shape index (κ1) is 21.2. The molecule has 2 N–H and O–H groups in total. The number of piperidine rings is 1. The molecule has 2 amide bonds. The van der Waals surface area contributed by atoms with Gasteiger partial charge in [0.15, 0.2) is 0 Å². The minimum absolute atomic E-state index is 0.0193. The van der Waals surface area contributed by atoms with E-state index in [-0.39, 0.29) is 17.7 Å². The van der Waals surface area contributed by atoms with Gasteiger partial charge in [-0.1, -0.05) is 30.3 Å². The Labute approximate surface area is 192 Å². The van der Waals surface area contributed by atoms with Gasteiger partial charge in [0.2, 0.25) is 5.91 Å². The van der Waals surface area contributed by atoms with Crippen LogP contribution in [-0.2, 0) is 11.3 Å². The van der Waals surface area contributed by atoms with E-state index in [9.17, 15) is 9.59 Å². The number of carbonyl (C=O) groups is 2. The Morgan fingerprint density at radius 3 is 2.59 bits per heavy atom. The molecule has 1 aliphatic carbocycles. The van der Waals surface area contributed by atoms with Crippen LogP contribution in [0.2, 0.25) is 0 Å². The van der Waals surface area contributed by atoms with E-state index in [4.69, 9.17) is 0 Å². The molecule has 5 nitrogen and oxygen atoms in total. The quantitative estimate of drug-likeness (QED) is 0.542. The van der Waals surface area contributed by atoms with E-state index < -0.39 is 0 Å². The second-order valence-corrected chi connectivity index (χ2v) is 10.1. The Kier molecular flexibility index (Phi) is 6.23. The molecule has 0 spiro atoms. The summed E-state index contributed by atoms with van der Waals surface area (Å²) in [6.45, 7) is 3.76. The number of rotatable bonds is 7. The second kappa shape index (κ2) is 9.43. The SMILES string of the molecule is O=C(NC[C@H]1CCCN(Cc2cccs2)C1)c1cc2ccccc2cc1NC(=O)C1CC1. The van der Waals surface area contributed by atoms with E-state index in [1.165, 1.54) is 4.88 Å². The third kappa shape index (κ3) is 5.03. The molecule has 1 saturated carbocycles. The number of hydrogen-bond donors (Lipinski definition) is 2. The lowest BCUT2D eigenvalue weighted by Crippen LogP contribution is -2.40. The molecule has 0 radical (unpaired) electrons. The summed E-state index contributed by atoms with van der Waals surface area (Å²) in [5, 5.41) is 10.3. The Hall–Kier alpha value is -2.70. The van der Waals surface area contributed by atoms with Gasteiger partial charge < -0.3 is 10.6 Å². The highest BCUT2D eigenvalue weighted by Gasteiger charge is 2.30. The van der Waals surface area contributed by atoms with E-state index in [0.717, 1.165) is 56.1 Å². The molecular weight excluding hydrogens is 418 g/mol. The minimum Gasteiger partial charge on any atom is -0.352 e. The maximum Gasteiger partial charge on any atom is 0.253 e. The lowest BCUT2D eigenvalue weighted by Gasteiger charge is -2.32. The van der Waals surface area contributed by atoms with Gasteiger partial charge in [-0.25, -0.2) is 0 Å². The van der Waals surface area contributed by atoms with Crippen molar-refractivity contribution in [3.8, 4) is 0 Å².